The maximum atomic E-state index is 6.41. The molecule has 3 atom stereocenters. The van der Waals surface area contributed by atoms with Gasteiger partial charge in [0.05, 0.1) is 23.4 Å². The van der Waals surface area contributed by atoms with Crippen LogP contribution in [0.25, 0.3) is 11.0 Å². The second-order valence-electron chi connectivity index (χ2n) is 10.6. The molecule has 5 heterocycles. The summed E-state index contributed by atoms with van der Waals surface area (Å²) in [5.41, 5.74) is 7.10. The largest absolute Gasteiger partial charge is 0.370 e. The molecule has 0 amide bonds. The Morgan fingerprint density at radius 2 is 1.78 bits per heavy atom. The number of hydrogen-bond acceptors (Lipinski definition) is 8. The molecule has 0 spiro atoms. The summed E-state index contributed by atoms with van der Waals surface area (Å²) in [6.07, 6.45) is 7.08. The second-order valence-corrected chi connectivity index (χ2v) is 10.6. The molecule has 0 radical (unpaired) electrons. The molecule has 0 saturated carbocycles. The molecule has 0 aliphatic carbocycles. The van der Waals surface area contributed by atoms with Crippen LogP contribution in [0, 0.1) is 6.92 Å². The smallest absolute Gasteiger partial charge is 0.128 e. The van der Waals surface area contributed by atoms with Gasteiger partial charge in [-0.3, -0.25) is 14.9 Å². The number of hydrogen-bond donors (Lipinski definition) is 1. The Kier molecular flexibility index (Phi) is 6.50. The number of rotatable bonds is 4. The van der Waals surface area contributed by atoms with Crippen LogP contribution >= 0.6 is 0 Å². The van der Waals surface area contributed by atoms with E-state index in [-0.39, 0.29) is 12.2 Å². The number of anilines is 2. The first kappa shape index (κ1) is 23.6. The predicted molar refractivity (Wildman–Crippen MR) is 144 cm³/mol. The molecular formula is C28H37N7O. The first-order chi connectivity index (χ1) is 17.5. The van der Waals surface area contributed by atoms with Gasteiger partial charge in [-0.1, -0.05) is 6.07 Å². The number of ether oxygens (including phenoxy) is 1. The van der Waals surface area contributed by atoms with Gasteiger partial charge in [-0.05, 0) is 62.6 Å². The van der Waals surface area contributed by atoms with Gasteiger partial charge in [0.1, 0.15) is 11.3 Å². The van der Waals surface area contributed by atoms with E-state index in [1.807, 2.05) is 0 Å². The molecule has 8 heteroatoms. The lowest BCUT2D eigenvalue weighted by Crippen LogP contribution is -2.54. The van der Waals surface area contributed by atoms with Crippen LogP contribution in [0.4, 0.5) is 11.5 Å². The first-order valence-corrected chi connectivity index (χ1v) is 13.4. The quantitative estimate of drug-likeness (QED) is 0.603. The van der Waals surface area contributed by atoms with Crippen LogP contribution in [0.5, 0.6) is 0 Å². The molecule has 1 N–H and O–H groups in total. The van der Waals surface area contributed by atoms with E-state index in [0.717, 1.165) is 86.9 Å². The molecule has 2 aromatic heterocycles. The first-order valence-electron chi connectivity index (χ1n) is 13.4. The van der Waals surface area contributed by atoms with Crippen molar-refractivity contribution in [2.24, 2.45) is 0 Å². The lowest BCUT2D eigenvalue weighted by atomic mass is 9.97. The number of nitrogens with one attached hydrogen (secondary N) is 1. The van der Waals surface area contributed by atoms with Crippen LogP contribution in [0.3, 0.4) is 0 Å². The molecule has 2 fully saturated rings. The molecular weight excluding hydrogens is 450 g/mol. The number of nitrogens with zero attached hydrogens (tertiary/aromatic N) is 6. The fourth-order valence-corrected chi connectivity index (χ4v) is 6.03. The number of benzene rings is 1. The highest BCUT2D eigenvalue weighted by Gasteiger charge is 2.30. The van der Waals surface area contributed by atoms with Gasteiger partial charge in [-0.2, -0.15) is 0 Å². The molecule has 8 nitrogen and oxygen atoms in total. The predicted octanol–water partition coefficient (Wildman–Crippen LogP) is 2.96. The standard InChI is InChI=1S/C28H37N7O/c1-19-4-5-25(28-27(19)30-8-9-31-28)35-16-20(2)36-23(18-35)17-33-10-12-34(13-11-33)26-14-24-21(3)29-7-6-22(24)15-32-26/h4-5,8-9,14-15,20-21,23,29H,6-7,10-13,16-18H2,1-3H3/t20-,21-,23+/m1/s1. The molecule has 3 aromatic rings. The SMILES string of the molecule is Cc1ccc(N2C[C@H](CN3CCN(c4cc5c(cn4)CCN[C@@H]5C)CC3)O[C@H](C)C2)c2nccnc12. The van der Waals surface area contributed by atoms with Gasteiger partial charge >= 0.3 is 0 Å². The van der Waals surface area contributed by atoms with Crippen LogP contribution in [0.15, 0.2) is 36.8 Å². The fourth-order valence-electron chi connectivity index (χ4n) is 6.03. The zero-order valence-corrected chi connectivity index (χ0v) is 21.7. The fraction of sp³-hybridized carbons (Fsp3) is 0.536. The molecule has 36 heavy (non-hydrogen) atoms. The second kappa shape index (κ2) is 9.92. The van der Waals surface area contributed by atoms with Crippen LogP contribution in [-0.4, -0.2) is 84.4 Å². The van der Waals surface area contributed by atoms with Crippen LogP contribution in [-0.2, 0) is 11.2 Å². The molecule has 0 bridgehead atoms. The monoisotopic (exact) mass is 487 g/mol. The van der Waals surface area contributed by atoms with Gasteiger partial charge in [0.2, 0.25) is 0 Å². The van der Waals surface area contributed by atoms with Gasteiger partial charge in [0, 0.05) is 70.4 Å². The van der Waals surface area contributed by atoms with Crippen molar-refractivity contribution in [1.29, 1.82) is 0 Å². The Balaban J connectivity index is 1.10. The summed E-state index contributed by atoms with van der Waals surface area (Å²) < 4.78 is 6.41. The van der Waals surface area contributed by atoms with Crippen molar-refractivity contribution >= 4 is 22.5 Å². The van der Waals surface area contributed by atoms with E-state index in [9.17, 15) is 0 Å². The van der Waals surface area contributed by atoms with Crippen molar-refractivity contribution < 1.29 is 4.74 Å². The van der Waals surface area contributed by atoms with E-state index >= 15 is 0 Å². The number of pyridine rings is 1. The topological polar surface area (TPSA) is 69.7 Å². The van der Waals surface area contributed by atoms with Gasteiger partial charge < -0.3 is 19.9 Å². The van der Waals surface area contributed by atoms with E-state index < -0.39 is 0 Å². The van der Waals surface area contributed by atoms with E-state index in [0.29, 0.717) is 6.04 Å². The lowest BCUT2D eigenvalue weighted by molar-refractivity contribution is -0.0327. The highest BCUT2D eigenvalue weighted by atomic mass is 16.5. The molecule has 6 rings (SSSR count). The summed E-state index contributed by atoms with van der Waals surface area (Å²) in [4.78, 5) is 21.5. The molecule has 0 unspecified atom stereocenters. The van der Waals surface area contributed by atoms with Crippen molar-refractivity contribution in [1.82, 2.24) is 25.2 Å². The third kappa shape index (κ3) is 4.65. The van der Waals surface area contributed by atoms with E-state index in [1.165, 1.54) is 11.1 Å². The zero-order valence-electron chi connectivity index (χ0n) is 21.7. The van der Waals surface area contributed by atoms with E-state index in [1.54, 1.807) is 12.4 Å². The average molecular weight is 488 g/mol. The van der Waals surface area contributed by atoms with Crippen molar-refractivity contribution in [3.05, 3.63) is 53.5 Å². The minimum Gasteiger partial charge on any atom is -0.370 e. The molecule has 190 valence electrons. The highest BCUT2D eigenvalue weighted by Crippen LogP contribution is 2.29. The van der Waals surface area contributed by atoms with Crippen LogP contribution < -0.4 is 15.1 Å². The molecule has 3 aliphatic heterocycles. The Morgan fingerprint density at radius 3 is 2.61 bits per heavy atom. The molecule has 2 saturated heterocycles. The molecule has 3 aliphatic rings. The van der Waals surface area contributed by atoms with Crippen molar-refractivity contribution in [2.45, 2.75) is 45.4 Å². The highest BCUT2D eigenvalue weighted by molar-refractivity contribution is 5.90. The van der Waals surface area contributed by atoms with E-state index in [2.05, 4.69) is 75.2 Å². The maximum Gasteiger partial charge on any atom is 0.128 e. The van der Waals surface area contributed by atoms with Crippen molar-refractivity contribution in [2.75, 3.05) is 62.2 Å². The van der Waals surface area contributed by atoms with Crippen molar-refractivity contribution in [3.8, 4) is 0 Å². The summed E-state index contributed by atoms with van der Waals surface area (Å²) in [7, 11) is 0. The Hall–Kier alpha value is -2.81. The van der Waals surface area contributed by atoms with Gasteiger partial charge in [-0.15, -0.1) is 0 Å². The number of aromatic nitrogens is 3. The van der Waals surface area contributed by atoms with Gasteiger partial charge in [-0.25, -0.2) is 4.98 Å². The summed E-state index contributed by atoms with van der Waals surface area (Å²) >= 11 is 0. The zero-order chi connectivity index (χ0) is 24.6. The normalized spacial score (nSPS) is 25.2. The summed E-state index contributed by atoms with van der Waals surface area (Å²) in [5, 5.41) is 3.57. The van der Waals surface area contributed by atoms with E-state index in [4.69, 9.17) is 9.72 Å². The Morgan fingerprint density at radius 1 is 0.972 bits per heavy atom. The summed E-state index contributed by atoms with van der Waals surface area (Å²) in [5.74, 6) is 1.12. The van der Waals surface area contributed by atoms with Gasteiger partial charge in [0.25, 0.3) is 0 Å². The van der Waals surface area contributed by atoms with Crippen LogP contribution in [0.2, 0.25) is 0 Å². The lowest BCUT2D eigenvalue weighted by Gasteiger charge is -2.42. The minimum atomic E-state index is 0.169. The van der Waals surface area contributed by atoms with Crippen LogP contribution in [0.1, 0.15) is 36.6 Å². The third-order valence-corrected chi connectivity index (χ3v) is 7.95. The third-order valence-electron chi connectivity index (χ3n) is 7.95. The number of morpholine rings is 1. The number of fused-ring (bicyclic) bond motifs is 2. The van der Waals surface area contributed by atoms with Gasteiger partial charge in [0.15, 0.2) is 0 Å². The Bertz CT molecular complexity index is 1230. The summed E-state index contributed by atoms with van der Waals surface area (Å²) in [6, 6.07) is 7.07. The molecule has 1 aromatic carbocycles. The van der Waals surface area contributed by atoms with Crippen molar-refractivity contribution in [3.63, 3.8) is 0 Å². The number of aryl methyl sites for hydroxylation is 1. The average Bonchev–Trinajstić information content (AvgIpc) is 2.89. The number of piperazine rings is 1. The minimum absolute atomic E-state index is 0.169. The Labute approximate surface area is 213 Å². The maximum absolute atomic E-state index is 6.41. The summed E-state index contributed by atoms with van der Waals surface area (Å²) in [6.45, 7) is 14.3.